The van der Waals surface area contributed by atoms with Crippen molar-refractivity contribution in [3.8, 4) is 0 Å². The Bertz CT molecular complexity index is 75.0. The van der Waals surface area contributed by atoms with Crippen molar-refractivity contribution < 1.29 is 10.2 Å². The van der Waals surface area contributed by atoms with E-state index in [2.05, 4.69) is 0 Å². The van der Waals surface area contributed by atoms with E-state index in [0.29, 0.717) is 6.42 Å². The van der Waals surface area contributed by atoms with Gasteiger partial charge >= 0.3 is 0 Å². The van der Waals surface area contributed by atoms with Gasteiger partial charge in [-0.3, -0.25) is 0 Å². The first-order chi connectivity index (χ1) is 4.06. The summed E-state index contributed by atoms with van der Waals surface area (Å²) in [4.78, 5) is 0. The third kappa shape index (κ3) is 1.95. The quantitative estimate of drug-likeness (QED) is 0.614. The average molecular weight is 131 g/mol. The molecule has 9 heavy (non-hydrogen) atoms. The van der Waals surface area contributed by atoms with Crippen molar-refractivity contribution in [3.05, 3.63) is 0 Å². The number of hydrogen-bond donors (Lipinski definition) is 1. The predicted molar refractivity (Wildman–Crippen MR) is 35.6 cm³/mol. The monoisotopic (exact) mass is 131 g/mol. The Balaban J connectivity index is 3.92. The lowest BCUT2D eigenvalue weighted by Crippen LogP contribution is -2.37. The van der Waals surface area contributed by atoms with Crippen LogP contribution in [0.15, 0.2) is 0 Å². The first-order valence-corrected chi connectivity index (χ1v) is 3.37. The van der Waals surface area contributed by atoms with Crippen LogP contribution in [0.5, 0.6) is 0 Å². The van der Waals surface area contributed by atoms with Crippen LogP contribution in [-0.4, -0.2) is 17.3 Å². The molecule has 0 aromatic heterocycles. The van der Waals surface area contributed by atoms with E-state index in [0.717, 1.165) is 0 Å². The van der Waals surface area contributed by atoms with Crippen LogP contribution in [0.2, 0.25) is 0 Å². The highest BCUT2D eigenvalue weighted by Gasteiger charge is 2.28. The zero-order valence-corrected chi connectivity index (χ0v) is 6.35. The molecule has 0 fully saturated rings. The maximum Gasteiger partial charge on any atom is 0.111 e. The molecule has 0 aromatic rings. The molecule has 1 N–H and O–H groups in total. The highest BCUT2D eigenvalue weighted by Crippen LogP contribution is 2.19. The first-order valence-electron chi connectivity index (χ1n) is 3.37. The van der Waals surface area contributed by atoms with Gasteiger partial charge in [0, 0.05) is 0 Å². The van der Waals surface area contributed by atoms with E-state index < -0.39 is 5.60 Å². The minimum atomic E-state index is -0.972. The van der Waals surface area contributed by atoms with Crippen LogP contribution in [-0.2, 0) is 5.11 Å². The molecule has 0 saturated carbocycles. The van der Waals surface area contributed by atoms with E-state index in [9.17, 15) is 10.2 Å². The largest absolute Gasteiger partial charge is 0.387 e. The zero-order chi connectivity index (χ0) is 7.49. The highest BCUT2D eigenvalue weighted by atomic mass is 16.3. The van der Waals surface area contributed by atoms with Crippen molar-refractivity contribution >= 4 is 0 Å². The minimum Gasteiger partial charge on any atom is -0.387 e. The summed E-state index contributed by atoms with van der Waals surface area (Å²) in [7, 11) is 0. The van der Waals surface area contributed by atoms with Crippen molar-refractivity contribution in [2.45, 2.75) is 32.8 Å². The fourth-order valence-electron chi connectivity index (χ4n) is 0.677. The van der Waals surface area contributed by atoms with Gasteiger partial charge < -0.3 is 5.11 Å². The number of aliphatic hydroxyl groups is 1. The molecular formula is C7H15O2. The van der Waals surface area contributed by atoms with Gasteiger partial charge in [-0.1, -0.05) is 20.8 Å². The Morgan fingerprint density at radius 2 is 2.00 bits per heavy atom. The average Bonchev–Trinajstić information content (AvgIpc) is 1.86. The molecule has 1 unspecified atom stereocenters. The van der Waals surface area contributed by atoms with Gasteiger partial charge in [0.1, 0.15) is 6.61 Å². The lowest BCUT2D eigenvalue weighted by Gasteiger charge is -2.27. The molecule has 0 bridgehead atoms. The highest BCUT2D eigenvalue weighted by molar-refractivity contribution is 4.78. The smallest absolute Gasteiger partial charge is 0.111 e. The summed E-state index contributed by atoms with van der Waals surface area (Å²) in [6, 6.07) is 0. The standard InChI is InChI=1S/C7H15O2/c1-4-7(9,5-8)6(2)3/h6,9H,4-5H2,1-3H3. The van der Waals surface area contributed by atoms with E-state index >= 15 is 0 Å². The van der Waals surface area contributed by atoms with Gasteiger partial charge in [-0.2, -0.15) is 0 Å². The zero-order valence-electron chi connectivity index (χ0n) is 6.35. The van der Waals surface area contributed by atoms with Crippen molar-refractivity contribution in [2.75, 3.05) is 6.61 Å². The van der Waals surface area contributed by atoms with Crippen LogP contribution >= 0.6 is 0 Å². The Kier molecular flexibility index (Phi) is 3.15. The molecule has 0 aromatic carbocycles. The van der Waals surface area contributed by atoms with Gasteiger partial charge in [0.05, 0.1) is 5.60 Å². The van der Waals surface area contributed by atoms with Gasteiger partial charge in [0.25, 0.3) is 0 Å². The van der Waals surface area contributed by atoms with Gasteiger partial charge in [0.15, 0.2) is 0 Å². The normalized spacial score (nSPS) is 18.0. The molecule has 2 nitrogen and oxygen atoms in total. The Labute approximate surface area is 56.5 Å². The van der Waals surface area contributed by atoms with Gasteiger partial charge in [-0.25, -0.2) is 5.11 Å². The fourth-order valence-corrected chi connectivity index (χ4v) is 0.677. The molecule has 0 aliphatic heterocycles. The lowest BCUT2D eigenvalue weighted by atomic mass is 9.89. The van der Waals surface area contributed by atoms with Crippen LogP contribution in [0.25, 0.3) is 0 Å². The summed E-state index contributed by atoms with van der Waals surface area (Å²) in [5.74, 6) is 0.0694. The Hall–Kier alpha value is -0.0800. The molecule has 0 rings (SSSR count). The molecule has 1 atom stereocenters. The second-order valence-corrected chi connectivity index (χ2v) is 2.76. The molecule has 0 amide bonds. The van der Waals surface area contributed by atoms with E-state index in [1.165, 1.54) is 0 Å². The number of rotatable bonds is 3. The molecule has 2 heteroatoms. The third-order valence-electron chi connectivity index (χ3n) is 1.94. The van der Waals surface area contributed by atoms with Crippen LogP contribution in [0.4, 0.5) is 0 Å². The first kappa shape index (κ1) is 8.92. The van der Waals surface area contributed by atoms with Crippen LogP contribution in [0.1, 0.15) is 27.2 Å². The maximum absolute atomic E-state index is 10.4. The summed E-state index contributed by atoms with van der Waals surface area (Å²) in [5, 5.41) is 19.8. The molecule has 0 aliphatic carbocycles. The van der Waals surface area contributed by atoms with E-state index in [1.807, 2.05) is 20.8 Å². The van der Waals surface area contributed by atoms with Crippen molar-refractivity contribution in [2.24, 2.45) is 5.92 Å². The maximum atomic E-state index is 10.4. The third-order valence-corrected chi connectivity index (χ3v) is 1.94. The molecule has 55 valence electrons. The summed E-state index contributed by atoms with van der Waals surface area (Å²) in [5.41, 5.74) is -0.972. The molecule has 0 saturated heterocycles. The summed E-state index contributed by atoms with van der Waals surface area (Å²) >= 11 is 0. The fraction of sp³-hybridized carbons (Fsp3) is 1.00. The second-order valence-electron chi connectivity index (χ2n) is 2.76. The van der Waals surface area contributed by atoms with Crippen molar-refractivity contribution in [1.82, 2.24) is 0 Å². The lowest BCUT2D eigenvalue weighted by molar-refractivity contribution is -0.0743. The molecular weight excluding hydrogens is 116 g/mol. The SMILES string of the molecule is CCC(O)(C[O])C(C)C. The molecule has 0 aliphatic rings. The summed E-state index contributed by atoms with van der Waals surface area (Å²) in [6.45, 7) is 5.17. The van der Waals surface area contributed by atoms with E-state index in [1.54, 1.807) is 0 Å². The van der Waals surface area contributed by atoms with E-state index in [-0.39, 0.29) is 12.5 Å². The van der Waals surface area contributed by atoms with Gasteiger partial charge in [-0.15, -0.1) is 0 Å². The van der Waals surface area contributed by atoms with Gasteiger partial charge in [0.2, 0.25) is 0 Å². The predicted octanol–water partition coefficient (Wildman–Crippen LogP) is 1.21. The van der Waals surface area contributed by atoms with Crippen molar-refractivity contribution in [3.63, 3.8) is 0 Å². The van der Waals surface area contributed by atoms with Crippen LogP contribution in [0.3, 0.4) is 0 Å². The minimum absolute atomic E-state index is 0.0694. The van der Waals surface area contributed by atoms with Gasteiger partial charge in [-0.05, 0) is 12.3 Å². The second kappa shape index (κ2) is 3.18. The molecule has 1 radical (unpaired) electrons. The summed E-state index contributed by atoms with van der Waals surface area (Å²) in [6.07, 6.45) is 0.550. The summed E-state index contributed by atoms with van der Waals surface area (Å²) < 4.78 is 0. The topological polar surface area (TPSA) is 40.1 Å². The Morgan fingerprint density at radius 3 is 2.00 bits per heavy atom. The van der Waals surface area contributed by atoms with E-state index in [4.69, 9.17) is 0 Å². The number of hydrogen-bond acceptors (Lipinski definition) is 1. The molecule has 0 heterocycles. The van der Waals surface area contributed by atoms with Crippen LogP contribution in [0, 0.1) is 5.92 Å². The van der Waals surface area contributed by atoms with Crippen LogP contribution < -0.4 is 0 Å². The molecule has 0 spiro atoms. The van der Waals surface area contributed by atoms with Crippen molar-refractivity contribution in [1.29, 1.82) is 0 Å². The Morgan fingerprint density at radius 1 is 1.56 bits per heavy atom.